The summed E-state index contributed by atoms with van der Waals surface area (Å²) in [6.07, 6.45) is 3.90. The van der Waals surface area contributed by atoms with E-state index < -0.39 is 0 Å². The molecule has 28 heavy (non-hydrogen) atoms. The molecule has 0 saturated carbocycles. The van der Waals surface area contributed by atoms with E-state index in [-0.39, 0.29) is 17.2 Å². The molecule has 0 amide bonds. The number of thiophene rings is 1. The van der Waals surface area contributed by atoms with Crippen LogP contribution in [0.5, 0.6) is 11.5 Å². The van der Waals surface area contributed by atoms with Crippen LogP contribution < -0.4 is 20.7 Å². The molecule has 0 radical (unpaired) electrons. The molecule has 0 aliphatic rings. The summed E-state index contributed by atoms with van der Waals surface area (Å²) in [4.78, 5) is 29.5. The molecule has 0 aliphatic heterocycles. The molecule has 3 rings (SSSR count). The van der Waals surface area contributed by atoms with E-state index in [2.05, 4.69) is 4.98 Å². The van der Waals surface area contributed by atoms with Gasteiger partial charge in [0.25, 0.3) is 5.56 Å². The van der Waals surface area contributed by atoms with Gasteiger partial charge in [0.15, 0.2) is 11.5 Å². The number of hydrogen-bond donors (Lipinski definition) is 1. The number of H-pyrrole nitrogens is 1. The molecule has 0 saturated heterocycles. The zero-order valence-corrected chi connectivity index (χ0v) is 17.5. The largest absolute Gasteiger partial charge is 0.493 e. The molecule has 6 nitrogen and oxygen atoms in total. The number of aromatic amines is 1. The zero-order chi connectivity index (χ0) is 20.4. The minimum absolute atomic E-state index is 0.208. The lowest BCUT2D eigenvalue weighted by atomic mass is 10.1. The fourth-order valence-electron chi connectivity index (χ4n) is 3.09. The summed E-state index contributed by atoms with van der Waals surface area (Å²) in [6.45, 7) is 6.27. The Morgan fingerprint density at radius 1 is 1.14 bits per heavy atom. The monoisotopic (exact) mass is 400 g/mol. The zero-order valence-electron chi connectivity index (χ0n) is 16.7. The molecule has 7 heteroatoms. The summed E-state index contributed by atoms with van der Waals surface area (Å²) in [5.74, 6) is 1.53. The lowest BCUT2D eigenvalue weighted by Gasteiger charge is -2.07. The Labute approximate surface area is 167 Å². The average Bonchev–Trinajstić information content (AvgIpc) is 2.98. The van der Waals surface area contributed by atoms with Crippen molar-refractivity contribution in [3.05, 3.63) is 55.0 Å². The van der Waals surface area contributed by atoms with Gasteiger partial charge in [-0.15, -0.1) is 11.3 Å². The number of methoxy groups -OCH3 is 2. The second-order valence-electron chi connectivity index (χ2n) is 6.98. The first-order chi connectivity index (χ1) is 13.3. The standard InChI is InChI=1S/C21H24N2O4S/c1-12(2)11-23-20(24)18-13(3)17(28-19(18)22-21(23)25)9-7-14-6-8-15(26-4)16(10-14)27-5/h6-10,12H,11H2,1-5H3,(H,22,25)/b9-7+. The van der Waals surface area contributed by atoms with Gasteiger partial charge in [0, 0.05) is 11.4 Å². The molecule has 0 aliphatic carbocycles. The normalized spacial score (nSPS) is 11.6. The summed E-state index contributed by atoms with van der Waals surface area (Å²) in [5.41, 5.74) is 1.23. The molecule has 0 spiro atoms. The minimum atomic E-state index is -0.358. The minimum Gasteiger partial charge on any atom is -0.493 e. The molecular weight excluding hydrogens is 376 g/mol. The fourth-order valence-corrected chi connectivity index (χ4v) is 4.18. The van der Waals surface area contributed by atoms with E-state index in [0.717, 1.165) is 16.0 Å². The van der Waals surface area contributed by atoms with Crippen LogP contribution in [0.1, 0.15) is 29.9 Å². The van der Waals surface area contributed by atoms with Gasteiger partial charge in [0.2, 0.25) is 0 Å². The highest BCUT2D eigenvalue weighted by molar-refractivity contribution is 7.19. The first kappa shape index (κ1) is 19.9. The van der Waals surface area contributed by atoms with Crippen LogP contribution in [-0.4, -0.2) is 23.8 Å². The Hall–Kier alpha value is -2.80. The summed E-state index contributed by atoms with van der Waals surface area (Å²) in [5, 5.41) is 0.581. The summed E-state index contributed by atoms with van der Waals surface area (Å²) in [6, 6.07) is 5.66. The van der Waals surface area contributed by atoms with Crippen LogP contribution in [0, 0.1) is 12.8 Å². The van der Waals surface area contributed by atoms with E-state index in [1.54, 1.807) is 14.2 Å². The lowest BCUT2D eigenvalue weighted by Crippen LogP contribution is -2.36. The number of fused-ring (bicyclic) bond motifs is 1. The maximum absolute atomic E-state index is 12.8. The first-order valence-corrected chi connectivity index (χ1v) is 9.83. The van der Waals surface area contributed by atoms with Crippen molar-refractivity contribution in [3.8, 4) is 11.5 Å². The first-order valence-electron chi connectivity index (χ1n) is 9.02. The lowest BCUT2D eigenvalue weighted by molar-refractivity contribution is 0.355. The maximum Gasteiger partial charge on any atom is 0.329 e. The predicted octanol–water partition coefficient (Wildman–Crippen LogP) is 3.90. The number of rotatable bonds is 6. The van der Waals surface area contributed by atoms with E-state index in [1.807, 2.05) is 51.1 Å². The van der Waals surface area contributed by atoms with Gasteiger partial charge in [-0.05, 0) is 42.2 Å². The number of hydrogen-bond acceptors (Lipinski definition) is 5. The summed E-state index contributed by atoms with van der Waals surface area (Å²) < 4.78 is 11.9. The van der Waals surface area contributed by atoms with Crippen molar-refractivity contribution in [1.29, 1.82) is 0 Å². The van der Waals surface area contributed by atoms with Gasteiger partial charge in [-0.25, -0.2) is 4.79 Å². The molecule has 0 bridgehead atoms. The Morgan fingerprint density at radius 3 is 2.50 bits per heavy atom. The van der Waals surface area contributed by atoms with Gasteiger partial charge in [0.1, 0.15) is 4.83 Å². The molecule has 2 heterocycles. The van der Waals surface area contributed by atoms with Crippen LogP contribution in [0.4, 0.5) is 0 Å². The van der Waals surface area contributed by atoms with Gasteiger partial charge in [-0.2, -0.15) is 0 Å². The van der Waals surface area contributed by atoms with E-state index in [1.165, 1.54) is 15.9 Å². The van der Waals surface area contributed by atoms with Crippen LogP contribution in [0.15, 0.2) is 27.8 Å². The smallest absolute Gasteiger partial charge is 0.329 e. The Bertz CT molecular complexity index is 1150. The molecule has 0 fully saturated rings. The van der Waals surface area contributed by atoms with Gasteiger partial charge in [-0.1, -0.05) is 26.0 Å². The highest BCUT2D eigenvalue weighted by atomic mass is 32.1. The van der Waals surface area contributed by atoms with Crippen molar-refractivity contribution in [2.24, 2.45) is 5.92 Å². The van der Waals surface area contributed by atoms with Gasteiger partial charge >= 0.3 is 5.69 Å². The van der Waals surface area contributed by atoms with Crippen molar-refractivity contribution < 1.29 is 9.47 Å². The molecule has 1 N–H and O–H groups in total. The number of nitrogens with zero attached hydrogens (tertiary/aromatic N) is 1. The molecule has 3 aromatic rings. The van der Waals surface area contributed by atoms with E-state index in [9.17, 15) is 9.59 Å². The van der Waals surface area contributed by atoms with E-state index >= 15 is 0 Å². The number of benzene rings is 1. The molecular formula is C21H24N2O4S. The van der Waals surface area contributed by atoms with E-state index in [4.69, 9.17) is 9.47 Å². The topological polar surface area (TPSA) is 73.3 Å². The fraction of sp³-hybridized carbons (Fsp3) is 0.333. The van der Waals surface area contributed by atoms with Crippen molar-refractivity contribution in [2.75, 3.05) is 14.2 Å². The third-order valence-electron chi connectivity index (χ3n) is 4.49. The molecule has 0 atom stereocenters. The van der Waals surface area contributed by atoms with Gasteiger partial charge in [0.05, 0.1) is 19.6 Å². The van der Waals surface area contributed by atoms with Crippen molar-refractivity contribution in [2.45, 2.75) is 27.3 Å². The molecule has 1 aromatic carbocycles. The highest BCUT2D eigenvalue weighted by Crippen LogP contribution is 2.30. The third-order valence-corrected chi connectivity index (χ3v) is 5.66. The second kappa shape index (κ2) is 8.06. The van der Waals surface area contributed by atoms with Crippen molar-refractivity contribution in [1.82, 2.24) is 9.55 Å². The van der Waals surface area contributed by atoms with Crippen molar-refractivity contribution in [3.63, 3.8) is 0 Å². The van der Waals surface area contributed by atoms with Crippen LogP contribution >= 0.6 is 11.3 Å². The van der Waals surface area contributed by atoms with Crippen LogP contribution in [0.25, 0.3) is 22.4 Å². The van der Waals surface area contributed by atoms with Crippen LogP contribution in [0.2, 0.25) is 0 Å². The van der Waals surface area contributed by atoms with Crippen LogP contribution in [0.3, 0.4) is 0 Å². The molecule has 2 aromatic heterocycles. The van der Waals surface area contributed by atoms with E-state index in [0.29, 0.717) is 28.3 Å². The summed E-state index contributed by atoms with van der Waals surface area (Å²) in [7, 11) is 3.20. The van der Waals surface area contributed by atoms with Gasteiger partial charge < -0.3 is 9.47 Å². The Morgan fingerprint density at radius 2 is 1.86 bits per heavy atom. The SMILES string of the molecule is COc1ccc(/C=C/c2sc3[nH]c(=O)n(CC(C)C)c(=O)c3c2C)cc1OC. The average molecular weight is 401 g/mol. The number of ether oxygens (including phenoxy) is 2. The molecule has 148 valence electrons. The van der Waals surface area contributed by atoms with Gasteiger partial charge in [-0.3, -0.25) is 14.3 Å². The highest BCUT2D eigenvalue weighted by Gasteiger charge is 2.15. The number of aryl methyl sites for hydroxylation is 1. The Balaban J connectivity index is 2.04. The van der Waals surface area contributed by atoms with Crippen LogP contribution in [-0.2, 0) is 6.54 Å². The van der Waals surface area contributed by atoms with Crippen molar-refractivity contribution >= 4 is 33.7 Å². The second-order valence-corrected chi connectivity index (χ2v) is 8.04. The summed E-state index contributed by atoms with van der Waals surface area (Å²) >= 11 is 1.41. The number of nitrogens with one attached hydrogen (secondary N) is 1. The quantitative estimate of drug-likeness (QED) is 0.681. The maximum atomic E-state index is 12.8. The predicted molar refractivity (Wildman–Crippen MR) is 115 cm³/mol. The third kappa shape index (κ3) is 3.75. The molecule has 0 unspecified atom stereocenters. The Kier molecular flexibility index (Phi) is 5.74. The number of aromatic nitrogens is 2.